The molecular weight excluding hydrogens is 799 g/mol. The Balaban J connectivity index is 1.06. The van der Waals surface area contributed by atoms with E-state index in [9.17, 15) is 27.6 Å². The maximum Gasteiger partial charge on any atom is 0.318 e. The highest BCUT2D eigenvalue weighted by molar-refractivity contribution is 7.90. The minimum atomic E-state index is -4.34. The maximum absolute atomic E-state index is 15.3. The van der Waals surface area contributed by atoms with Gasteiger partial charge in [0.1, 0.15) is 28.6 Å². The van der Waals surface area contributed by atoms with Crippen molar-refractivity contribution in [1.82, 2.24) is 35.5 Å². The predicted octanol–water partition coefficient (Wildman–Crippen LogP) is 4.58. The van der Waals surface area contributed by atoms with Gasteiger partial charge in [-0.15, -0.1) is 0 Å². The van der Waals surface area contributed by atoms with Gasteiger partial charge in [-0.3, -0.25) is 19.2 Å². The van der Waals surface area contributed by atoms with E-state index < -0.39 is 56.8 Å². The molecule has 15 nitrogen and oxygen atoms in total. The zero-order valence-corrected chi connectivity index (χ0v) is 37.5. The number of rotatable bonds is 11. The second kappa shape index (κ2) is 15.6. The van der Waals surface area contributed by atoms with Crippen molar-refractivity contribution >= 4 is 50.6 Å². The number of amides is 6. The van der Waals surface area contributed by atoms with E-state index in [2.05, 4.69) is 39.5 Å². The van der Waals surface area contributed by atoms with Crippen LogP contribution in [-0.2, 0) is 33.9 Å². The van der Waals surface area contributed by atoms with Crippen LogP contribution in [0.1, 0.15) is 112 Å². The van der Waals surface area contributed by atoms with Gasteiger partial charge in [0.15, 0.2) is 0 Å². The Morgan fingerprint density at radius 2 is 1.64 bits per heavy atom. The second-order valence-electron chi connectivity index (χ2n) is 20.5. The van der Waals surface area contributed by atoms with Crippen molar-refractivity contribution < 1.29 is 37.1 Å². The third-order valence-electron chi connectivity index (χ3n) is 16.2. The van der Waals surface area contributed by atoms with E-state index in [4.69, 9.17) is 4.74 Å². The summed E-state index contributed by atoms with van der Waals surface area (Å²) in [5.74, 6) is -2.53. The summed E-state index contributed by atoms with van der Waals surface area (Å²) in [5.41, 5.74) is -2.43. The van der Waals surface area contributed by atoms with Crippen LogP contribution in [0.2, 0.25) is 0 Å². The number of nitrogens with one attached hydrogen (secondary N) is 5. The summed E-state index contributed by atoms with van der Waals surface area (Å²) < 4.78 is 35.2. The maximum atomic E-state index is 15.3. The molecule has 8 rings (SSSR count). The number of likely N-dealkylation sites (tertiary alicyclic amines) is 1. The highest BCUT2D eigenvalue weighted by Gasteiger charge is 2.85. The zero-order valence-electron chi connectivity index (χ0n) is 36.7. The summed E-state index contributed by atoms with van der Waals surface area (Å²) in [6.07, 6.45) is 10.4. The van der Waals surface area contributed by atoms with Crippen LogP contribution in [0.5, 0.6) is 0 Å². The first-order chi connectivity index (χ1) is 28.8. The molecule has 4 aliphatic carbocycles. The van der Waals surface area contributed by atoms with E-state index >= 15 is 4.79 Å². The van der Waals surface area contributed by atoms with Gasteiger partial charge in [-0.25, -0.2) is 17.9 Å². The Bertz CT molecular complexity index is 2180. The molecule has 16 heteroatoms. The predicted molar refractivity (Wildman–Crippen MR) is 228 cm³/mol. The van der Waals surface area contributed by atoms with Gasteiger partial charge in [-0.2, -0.15) is 0 Å². The third kappa shape index (κ3) is 7.20. The average Bonchev–Trinajstić information content (AvgIpc) is 3.72. The summed E-state index contributed by atoms with van der Waals surface area (Å²) >= 11 is 0. The van der Waals surface area contributed by atoms with Crippen LogP contribution in [0.25, 0.3) is 10.9 Å². The van der Waals surface area contributed by atoms with Crippen molar-refractivity contribution in [3.8, 4) is 0 Å². The van der Waals surface area contributed by atoms with Gasteiger partial charge in [0.05, 0.1) is 18.7 Å². The molecule has 6 atom stereocenters. The molecule has 61 heavy (non-hydrogen) atoms. The van der Waals surface area contributed by atoms with E-state index in [-0.39, 0.29) is 51.3 Å². The number of aromatic nitrogens is 1. The average molecular weight is 864 g/mol. The summed E-state index contributed by atoms with van der Waals surface area (Å²) in [6, 6.07) is 3.38. The van der Waals surface area contributed by atoms with E-state index in [1.54, 1.807) is 34.2 Å². The highest BCUT2D eigenvalue weighted by Crippen LogP contribution is 2.88. The van der Waals surface area contributed by atoms with Gasteiger partial charge >= 0.3 is 6.03 Å². The molecule has 0 radical (unpaired) electrons. The second-order valence-corrected chi connectivity index (χ2v) is 22.1. The molecule has 0 unspecified atom stereocenters. The Labute approximate surface area is 359 Å². The molecule has 2 aromatic rings. The first kappa shape index (κ1) is 43.5. The summed E-state index contributed by atoms with van der Waals surface area (Å²) in [7, 11) is -4.34. The Hall–Kier alpha value is -4.18. The Kier molecular flexibility index (Phi) is 11.1. The summed E-state index contributed by atoms with van der Waals surface area (Å²) in [4.78, 5) is 78.6. The number of ether oxygens (including phenoxy) is 1. The van der Waals surface area contributed by atoms with Gasteiger partial charge in [-0.05, 0) is 78.7 Å². The number of aromatic amines is 1. The number of urea groups is 1. The number of morpholine rings is 1. The normalized spacial score (nSPS) is 29.1. The molecule has 2 spiro atoms. The summed E-state index contributed by atoms with van der Waals surface area (Å²) in [6.45, 7) is 14.0. The highest BCUT2D eigenvalue weighted by atomic mass is 32.2. The third-order valence-corrected chi connectivity index (χ3v) is 17.6. The van der Waals surface area contributed by atoms with Crippen LogP contribution in [0.3, 0.4) is 0 Å². The minimum Gasteiger partial charge on any atom is -0.378 e. The molecular formula is C45H65N7O8S. The van der Waals surface area contributed by atoms with E-state index in [1.807, 2.05) is 27.7 Å². The molecule has 2 saturated heterocycles. The number of carbonyl (C=O) groups is 5. The van der Waals surface area contributed by atoms with Crippen LogP contribution in [0.15, 0.2) is 35.4 Å². The standard InChI is InChI=1S/C45H65N7O8S/c1-7-30-25-45(30,39(56)50-61(58,59)32-16-11-15-29-17-20-46-33(29)32)49-36(53)31-26-44(42(5,6)43(44)18-12-19-43)27-52(31)38(55)35(41(2,3)4)48-37(54)34(28-13-9-8-10-14-28)47-40(57)51-21-23-60-24-22-51/h11,15-17,20,28,30-31,34-35,46H,7-10,12-14,18-19,21-27H2,1-6H3,(H,47,57)(H,48,54)(H,49,53)(H,50,56)/t30-,31+,34+,35-,44-,45-/m1/s1. The number of hydrogen-bond acceptors (Lipinski definition) is 8. The van der Waals surface area contributed by atoms with Crippen molar-refractivity contribution in [3.05, 3.63) is 30.5 Å². The number of benzene rings is 1. The lowest BCUT2D eigenvalue weighted by Gasteiger charge is -2.38. The summed E-state index contributed by atoms with van der Waals surface area (Å²) in [5, 5.41) is 9.85. The van der Waals surface area contributed by atoms with Gasteiger partial charge in [0.25, 0.3) is 15.9 Å². The molecule has 6 amide bonds. The Morgan fingerprint density at radius 1 is 0.934 bits per heavy atom. The topological polar surface area (TPSA) is 199 Å². The molecule has 334 valence electrons. The molecule has 6 aliphatic rings. The number of fused-ring (bicyclic) bond motifs is 2. The lowest BCUT2D eigenvalue weighted by atomic mass is 9.73. The van der Waals surface area contributed by atoms with Crippen LogP contribution < -0.4 is 20.7 Å². The molecule has 1 aromatic carbocycles. The SMILES string of the molecule is CC[C@@H]1C[C@]1(NC(=O)[C@@H]1C[C@@]2(CN1C(=O)[C@@H](NC(=O)[C@@H](NC(=O)N1CCOCC1)C1CCCCC1)C(C)(C)C)C(C)(C)C21CCC1)C(=O)NS(=O)(=O)c1cccc2cc[nH]c12. The molecule has 6 fully saturated rings. The van der Waals surface area contributed by atoms with Crippen molar-refractivity contribution in [2.24, 2.45) is 33.5 Å². The largest absolute Gasteiger partial charge is 0.378 e. The van der Waals surface area contributed by atoms with Crippen LogP contribution >= 0.6 is 0 Å². The van der Waals surface area contributed by atoms with Crippen molar-refractivity contribution in [2.75, 3.05) is 32.8 Å². The fourth-order valence-corrected chi connectivity index (χ4v) is 13.4. The first-order valence-corrected chi connectivity index (χ1v) is 24.0. The van der Waals surface area contributed by atoms with Crippen molar-refractivity contribution in [2.45, 2.75) is 141 Å². The number of sulfonamides is 1. The lowest BCUT2D eigenvalue weighted by molar-refractivity contribution is -0.145. The van der Waals surface area contributed by atoms with E-state index in [1.165, 1.54) is 6.07 Å². The molecule has 5 N–H and O–H groups in total. The quantitative estimate of drug-likeness (QED) is 0.216. The van der Waals surface area contributed by atoms with Gasteiger partial charge in [0.2, 0.25) is 17.7 Å². The number of H-pyrrole nitrogens is 1. The Morgan fingerprint density at radius 3 is 2.25 bits per heavy atom. The molecule has 2 aliphatic heterocycles. The van der Waals surface area contributed by atoms with E-state index in [0.29, 0.717) is 56.6 Å². The monoisotopic (exact) mass is 863 g/mol. The molecule has 0 bridgehead atoms. The number of nitrogens with zero attached hydrogens (tertiary/aromatic N) is 2. The van der Waals surface area contributed by atoms with Crippen LogP contribution in [-0.4, -0.2) is 109 Å². The van der Waals surface area contributed by atoms with Gasteiger partial charge < -0.3 is 35.5 Å². The molecule has 1 aromatic heterocycles. The fraction of sp³-hybridized carbons (Fsp3) is 0.711. The van der Waals surface area contributed by atoms with Crippen molar-refractivity contribution in [3.63, 3.8) is 0 Å². The number of hydrogen-bond donors (Lipinski definition) is 5. The van der Waals surface area contributed by atoms with Crippen molar-refractivity contribution in [1.29, 1.82) is 0 Å². The molecule has 3 heterocycles. The molecule has 4 saturated carbocycles. The minimum absolute atomic E-state index is 0.0304. The number of para-hydroxylation sites is 1. The van der Waals surface area contributed by atoms with Crippen LogP contribution in [0.4, 0.5) is 4.79 Å². The van der Waals surface area contributed by atoms with Crippen LogP contribution in [0, 0.1) is 33.5 Å². The van der Waals surface area contributed by atoms with Gasteiger partial charge in [0, 0.05) is 36.6 Å². The van der Waals surface area contributed by atoms with E-state index in [0.717, 1.165) is 51.4 Å². The zero-order chi connectivity index (χ0) is 43.8. The van der Waals surface area contributed by atoms with Gasteiger partial charge in [-0.1, -0.05) is 85.8 Å². The number of carbonyl (C=O) groups excluding carboxylic acids is 5. The fourth-order valence-electron chi connectivity index (χ4n) is 12.1. The lowest BCUT2D eigenvalue weighted by Crippen LogP contribution is -2.63. The smallest absolute Gasteiger partial charge is 0.318 e. The first-order valence-electron chi connectivity index (χ1n) is 22.5.